The first kappa shape index (κ1) is 29.4. The van der Waals surface area contributed by atoms with Crippen molar-refractivity contribution in [3.05, 3.63) is 132 Å². The lowest BCUT2D eigenvalue weighted by molar-refractivity contribution is -0.757. The zero-order valence-corrected chi connectivity index (χ0v) is 29.0. The molecule has 2 nitrogen and oxygen atoms in total. The monoisotopic (exact) mass is 625 g/mol. The molecule has 2 heteroatoms. The summed E-state index contributed by atoms with van der Waals surface area (Å²) in [4.78, 5) is 0. The van der Waals surface area contributed by atoms with Crippen molar-refractivity contribution in [1.29, 1.82) is 0 Å². The predicted molar refractivity (Wildman–Crippen MR) is 202 cm³/mol. The van der Waals surface area contributed by atoms with Gasteiger partial charge in [-0.05, 0) is 88.0 Å². The SMILES string of the molecule is CCCCc1ccc2c(c1)-c1cc3c4ccccc4n(-c4ccc5c(c4)-c4c6ccccc6cc[n+]4C(CC)(CC)C5)c3cc1C2(C)C. The fourth-order valence-electron chi connectivity index (χ4n) is 9.32. The van der Waals surface area contributed by atoms with Crippen molar-refractivity contribution >= 4 is 32.6 Å². The van der Waals surface area contributed by atoms with Crippen LogP contribution in [-0.4, -0.2) is 4.57 Å². The summed E-state index contributed by atoms with van der Waals surface area (Å²) in [6, 6.07) is 39.8. The Morgan fingerprint density at radius 3 is 2.25 bits per heavy atom. The number of rotatable bonds is 6. The molecule has 48 heavy (non-hydrogen) atoms. The number of fused-ring (bicyclic) bond motifs is 11. The lowest BCUT2D eigenvalue weighted by Crippen LogP contribution is -2.60. The van der Waals surface area contributed by atoms with Crippen molar-refractivity contribution in [2.45, 2.75) is 84.1 Å². The maximum atomic E-state index is 2.62. The van der Waals surface area contributed by atoms with Gasteiger partial charge >= 0.3 is 0 Å². The third-order valence-corrected chi connectivity index (χ3v) is 12.2. The smallest absolute Gasteiger partial charge is 0.221 e. The molecule has 0 saturated carbocycles. The van der Waals surface area contributed by atoms with Crippen molar-refractivity contribution in [3.8, 4) is 28.1 Å². The number of aryl methyl sites for hydroxylation is 1. The molecule has 0 spiro atoms. The topological polar surface area (TPSA) is 8.81 Å². The summed E-state index contributed by atoms with van der Waals surface area (Å²) in [6.45, 7) is 11.8. The Labute approximate surface area is 284 Å². The number of hydrogen-bond acceptors (Lipinski definition) is 0. The highest BCUT2D eigenvalue weighted by atomic mass is 15.1. The van der Waals surface area contributed by atoms with E-state index in [1.54, 1.807) is 0 Å². The van der Waals surface area contributed by atoms with Gasteiger partial charge in [0.1, 0.15) is 0 Å². The number of unbranched alkanes of at least 4 members (excludes halogenated alkanes) is 1. The van der Waals surface area contributed by atoms with Crippen molar-refractivity contribution < 1.29 is 4.57 Å². The van der Waals surface area contributed by atoms with Crippen LogP contribution in [0.25, 0.3) is 60.6 Å². The number of hydrogen-bond donors (Lipinski definition) is 0. The Bertz CT molecular complexity index is 2420. The molecule has 238 valence electrons. The van der Waals surface area contributed by atoms with Crippen LogP contribution in [0, 0.1) is 0 Å². The first-order valence-electron chi connectivity index (χ1n) is 18.2. The molecule has 2 aromatic heterocycles. The summed E-state index contributed by atoms with van der Waals surface area (Å²) in [5.41, 5.74) is 15.2. The normalized spacial score (nSPS) is 15.4. The van der Waals surface area contributed by atoms with Gasteiger partial charge in [-0.25, -0.2) is 0 Å². The fraction of sp³-hybridized carbons (Fsp3) is 0.283. The molecule has 1 aliphatic heterocycles. The number of nitrogens with zero attached hydrogens (tertiary/aromatic N) is 2. The minimum Gasteiger partial charge on any atom is -0.309 e. The molecule has 0 amide bonds. The van der Waals surface area contributed by atoms with Crippen molar-refractivity contribution in [2.24, 2.45) is 0 Å². The van der Waals surface area contributed by atoms with Gasteiger partial charge in [-0.3, -0.25) is 0 Å². The minimum atomic E-state index is -0.0581. The van der Waals surface area contributed by atoms with Gasteiger partial charge in [0.2, 0.25) is 5.69 Å². The zero-order chi connectivity index (χ0) is 32.8. The van der Waals surface area contributed by atoms with Crippen LogP contribution in [0.1, 0.15) is 82.6 Å². The third-order valence-electron chi connectivity index (χ3n) is 12.2. The van der Waals surface area contributed by atoms with Crippen LogP contribution < -0.4 is 4.57 Å². The molecule has 0 atom stereocenters. The number of pyridine rings is 1. The molecule has 0 unspecified atom stereocenters. The second kappa shape index (κ2) is 10.7. The quantitative estimate of drug-likeness (QED) is 0.163. The molecule has 0 fully saturated rings. The van der Waals surface area contributed by atoms with Gasteiger partial charge in [-0.1, -0.05) is 102 Å². The van der Waals surface area contributed by atoms with E-state index in [9.17, 15) is 0 Å². The Morgan fingerprint density at radius 1 is 0.667 bits per heavy atom. The van der Waals surface area contributed by atoms with Crippen LogP contribution in [0.15, 0.2) is 109 Å². The van der Waals surface area contributed by atoms with E-state index in [-0.39, 0.29) is 11.0 Å². The van der Waals surface area contributed by atoms with Gasteiger partial charge in [0, 0.05) is 47.2 Å². The molecule has 7 aromatic rings. The Kier molecular flexibility index (Phi) is 6.54. The molecule has 3 heterocycles. The average Bonchev–Trinajstić information content (AvgIpc) is 3.56. The molecule has 0 bridgehead atoms. The largest absolute Gasteiger partial charge is 0.309 e. The van der Waals surface area contributed by atoms with Crippen LogP contribution in [0.2, 0.25) is 0 Å². The molecule has 1 aliphatic carbocycles. The third kappa shape index (κ3) is 4.01. The molecular weight excluding hydrogens is 581 g/mol. The second-order valence-electron chi connectivity index (χ2n) is 14.9. The van der Waals surface area contributed by atoms with Gasteiger partial charge in [0.25, 0.3) is 0 Å². The van der Waals surface area contributed by atoms with Gasteiger partial charge in [0.05, 0.1) is 22.0 Å². The summed E-state index contributed by atoms with van der Waals surface area (Å²) < 4.78 is 5.16. The van der Waals surface area contributed by atoms with Crippen LogP contribution in [0.4, 0.5) is 0 Å². The predicted octanol–water partition coefficient (Wildman–Crippen LogP) is 11.6. The van der Waals surface area contributed by atoms with Crippen molar-refractivity contribution in [2.75, 3.05) is 0 Å². The minimum absolute atomic E-state index is 0.0581. The van der Waals surface area contributed by atoms with Crippen LogP contribution >= 0.6 is 0 Å². The van der Waals surface area contributed by atoms with E-state index in [4.69, 9.17) is 0 Å². The highest BCUT2D eigenvalue weighted by Gasteiger charge is 2.44. The van der Waals surface area contributed by atoms with Gasteiger partial charge in [-0.2, -0.15) is 4.57 Å². The first-order chi connectivity index (χ1) is 23.4. The molecule has 5 aromatic carbocycles. The van der Waals surface area contributed by atoms with E-state index in [1.807, 2.05) is 0 Å². The van der Waals surface area contributed by atoms with E-state index in [0.717, 1.165) is 25.7 Å². The van der Waals surface area contributed by atoms with Crippen LogP contribution in [0.3, 0.4) is 0 Å². The average molecular weight is 626 g/mol. The fourth-order valence-corrected chi connectivity index (χ4v) is 9.32. The van der Waals surface area contributed by atoms with E-state index in [1.165, 1.54) is 95.7 Å². The van der Waals surface area contributed by atoms with Crippen LogP contribution in [0.5, 0.6) is 0 Å². The molecule has 0 N–H and O–H groups in total. The van der Waals surface area contributed by atoms with E-state index < -0.39 is 0 Å². The van der Waals surface area contributed by atoms with Crippen LogP contribution in [-0.2, 0) is 23.8 Å². The summed E-state index contributed by atoms with van der Waals surface area (Å²) in [5.74, 6) is 0. The van der Waals surface area contributed by atoms with Gasteiger partial charge in [-0.15, -0.1) is 0 Å². The Hall–Kier alpha value is -4.69. The maximum absolute atomic E-state index is 2.62. The Balaban J connectivity index is 1.30. The van der Waals surface area contributed by atoms with Gasteiger partial charge < -0.3 is 4.57 Å². The molecule has 0 radical (unpaired) electrons. The number of benzene rings is 5. The molecule has 2 aliphatic rings. The van der Waals surface area contributed by atoms with Crippen molar-refractivity contribution in [1.82, 2.24) is 4.57 Å². The summed E-state index contributed by atoms with van der Waals surface area (Å²) >= 11 is 0. The van der Waals surface area contributed by atoms with Crippen molar-refractivity contribution in [3.63, 3.8) is 0 Å². The highest BCUT2D eigenvalue weighted by Crippen LogP contribution is 2.51. The lowest BCUT2D eigenvalue weighted by atomic mass is 9.78. The van der Waals surface area contributed by atoms with E-state index >= 15 is 0 Å². The molecule has 0 saturated heterocycles. The standard InChI is InChI=1S/C46H45N2/c1-6-9-14-30-19-22-40-37(25-30)38-27-39-35-17-12-13-18-42(35)48(43(39)28-41(38)45(40,4)5)33-21-20-32-29-46(7-2,8-3)47-24-23-31-15-10-11-16-34(31)44(47)36(32)26-33/h10-13,15-28H,6-9,14,29H2,1-5H3/q+1. The van der Waals surface area contributed by atoms with E-state index in [0.29, 0.717) is 0 Å². The molecular formula is C46H45N2+. The molecule has 9 rings (SSSR count). The number of aromatic nitrogens is 2. The number of para-hydroxylation sites is 1. The van der Waals surface area contributed by atoms with E-state index in [2.05, 4.69) is 153 Å². The summed E-state index contributed by atoms with van der Waals surface area (Å²) in [5, 5.41) is 5.29. The van der Waals surface area contributed by atoms with Gasteiger partial charge in [0.15, 0.2) is 11.7 Å². The zero-order valence-electron chi connectivity index (χ0n) is 29.0. The Morgan fingerprint density at radius 2 is 1.44 bits per heavy atom. The summed E-state index contributed by atoms with van der Waals surface area (Å²) in [7, 11) is 0. The maximum Gasteiger partial charge on any atom is 0.221 e. The lowest BCUT2D eigenvalue weighted by Gasteiger charge is -2.33. The first-order valence-corrected chi connectivity index (χ1v) is 18.2. The second-order valence-corrected chi connectivity index (χ2v) is 14.9. The summed E-state index contributed by atoms with van der Waals surface area (Å²) in [6.07, 6.45) is 9.23. The highest BCUT2D eigenvalue weighted by molar-refractivity contribution is 6.11.